The zero-order valence-corrected chi connectivity index (χ0v) is 11.7. The molecule has 1 N–H and O–H groups in total. The first-order valence-corrected chi connectivity index (χ1v) is 7.46. The van der Waals surface area contributed by atoms with Gasteiger partial charge in [0.1, 0.15) is 10.6 Å². The van der Waals surface area contributed by atoms with E-state index in [1.165, 1.54) is 19.2 Å². The number of urea groups is 1. The van der Waals surface area contributed by atoms with Gasteiger partial charge >= 0.3 is 6.03 Å². The molecule has 7 heteroatoms. The summed E-state index contributed by atoms with van der Waals surface area (Å²) in [6, 6.07) is 3.89. The summed E-state index contributed by atoms with van der Waals surface area (Å²) in [5.41, 5.74) is 0.261. The highest BCUT2D eigenvalue weighted by Gasteiger charge is 2.36. The molecule has 6 nitrogen and oxygen atoms in total. The summed E-state index contributed by atoms with van der Waals surface area (Å²) in [7, 11) is -2.28. The van der Waals surface area contributed by atoms with Crippen LogP contribution in [0.25, 0.3) is 0 Å². The molecule has 0 radical (unpaired) electrons. The Labute approximate surface area is 112 Å². The predicted molar refractivity (Wildman–Crippen MR) is 70.8 cm³/mol. The number of carbonyl (C=O) groups excluding carboxylic acids is 1. The van der Waals surface area contributed by atoms with Crippen LogP contribution in [0, 0.1) is 0 Å². The molecule has 0 saturated heterocycles. The quantitative estimate of drug-likeness (QED) is 0.918. The van der Waals surface area contributed by atoms with Crippen LogP contribution in [-0.2, 0) is 10.0 Å². The lowest BCUT2D eigenvalue weighted by atomic mass is 10.3. The van der Waals surface area contributed by atoms with Crippen LogP contribution in [0.5, 0.6) is 5.75 Å². The number of ether oxygens (including phenoxy) is 1. The van der Waals surface area contributed by atoms with Crippen LogP contribution in [0.15, 0.2) is 23.1 Å². The second kappa shape index (κ2) is 5.08. The van der Waals surface area contributed by atoms with E-state index in [1.54, 1.807) is 6.07 Å². The van der Waals surface area contributed by atoms with Gasteiger partial charge in [-0.3, -0.25) is 0 Å². The lowest BCUT2D eigenvalue weighted by Crippen LogP contribution is -2.44. The van der Waals surface area contributed by atoms with Crippen LogP contribution in [0.3, 0.4) is 0 Å². The third-order valence-electron chi connectivity index (χ3n) is 2.94. The largest absolute Gasteiger partial charge is 0.497 e. The van der Waals surface area contributed by atoms with Crippen LogP contribution in [-0.4, -0.2) is 32.4 Å². The molecule has 0 saturated carbocycles. The van der Waals surface area contributed by atoms with E-state index in [2.05, 4.69) is 5.32 Å². The summed E-state index contributed by atoms with van der Waals surface area (Å²) in [6.07, 6.45) is 1.45. The fraction of sp³-hybridized carbons (Fsp3) is 0.417. The van der Waals surface area contributed by atoms with Crippen molar-refractivity contribution in [1.82, 2.24) is 4.31 Å². The van der Waals surface area contributed by atoms with Crippen molar-refractivity contribution in [3.63, 3.8) is 0 Å². The van der Waals surface area contributed by atoms with Gasteiger partial charge in [0.05, 0.1) is 12.8 Å². The molecule has 1 heterocycles. The normalized spacial score (nSPS) is 16.7. The van der Waals surface area contributed by atoms with Crippen molar-refractivity contribution in [2.24, 2.45) is 0 Å². The number of sulfonamides is 1. The maximum Gasteiger partial charge on any atom is 0.335 e. The molecule has 1 aromatic rings. The van der Waals surface area contributed by atoms with Crippen molar-refractivity contribution in [2.75, 3.05) is 19.0 Å². The summed E-state index contributed by atoms with van der Waals surface area (Å²) in [6.45, 7) is 2.13. The fourth-order valence-corrected chi connectivity index (χ4v) is 3.39. The van der Waals surface area contributed by atoms with Gasteiger partial charge in [0.2, 0.25) is 0 Å². The van der Waals surface area contributed by atoms with Gasteiger partial charge in [-0.1, -0.05) is 13.3 Å². The van der Waals surface area contributed by atoms with E-state index in [0.29, 0.717) is 12.2 Å². The van der Waals surface area contributed by atoms with E-state index < -0.39 is 16.1 Å². The molecule has 0 unspecified atom stereocenters. The minimum absolute atomic E-state index is 0.101. The monoisotopic (exact) mass is 284 g/mol. The van der Waals surface area contributed by atoms with Crippen LogP contribution in [0.4, 0.5) is 10.5 Å². The van der Waals surface area contributed by atoms with Gasteiger partial charge in [-0.15, -0.1) is 0 Å². The van der Waals surface area contributed by atoms with Gasteiger partial charge < -0.3 is 10.1 Å². The molecule has 1 aliphatic rings. The smallest absolute Gasteiger partial charge is 0.335 e. The summed E-state index contributed by atoms with van der Waals surface area (Å²) in [5.74, 6) is 0.497. The molecular weight excluding hydrogens is 268 g/mol. The summed E-state index contributed by atoms with van der Waals surface area (Å²) in [4.78, 5) is 12.0. The number of methoxy groups -OCH3 is 1. The molecule has 0 bridgehead atoms. The maximum absolute atomic E-state index is 12.3. The van der Waals surface area contributed by atoms with E-state index in [4.69, 9.17) is 4.74 Å². The van der Waals surface area contributed by atoms with E-state index in [-0.39, 0.29) is 17.1 Å². The molecule has 1 aliphatic heterocycles. The van der Waals surface area contributed by atoms with Gasteiger partial charge in [0, 0.05) is 12.6 Å². The maximum atomic E-state index is 12.3. The third-order valence-corrected chi connectivity index (χ3v) is 4.78. The van der Waals surface area contributed by atoms with Crippen LogP contribution >= 0.6 is 0 Å². The van der Waals surface area contributed by atoms with Gasteiger partial charge in [0.25, 0.3) is 10.0 Å². The van der Waals surface area contributed by atoms with Crippen LogP contribution in [0.1, 0.15) is 19.8 Å². The zero-order valence-electron chi connectivity index (χ0n) is 10.8. The summed E-state index contributed by atoms with van der Waals surface area (Å²) in [5, 5.41) is 2.58. The standard InChI is InChI=1S/C12H16N2O4S/c1-3-4-7-14-12(15)13-10-8-9(18-2)5-6-11(10)19(14,16)17/h5-6,8H,3-4,7H2,1-2H3,(H,13,15). The lowest BCUT2D eigenvalue weighted by Gasteiger charge is -2.28. The molecule has 19 heavy (non-hydrogen) atoms. The third kappa shape index (κ3) is 2.37. The van der Waals surface area contributed by atoms with E-state index in [1.807, 2.05) is 6.92 Å². The number of nitrogens with one attached hydrogen (secondary N) is 1. The van der Waals surface area contributed by atoms with Crippen molar-refractivity contribution in [2.45, 2.75) is 24.7 Å². The van der Waals surface area contributed by atoms with Crippen molar-refractivity contribution in [3.8, 4) is 5.75 Å². The van der Waals surface area contributed by atoms with Gasteiger partial charge in [-0.25, -0.2) is 17.5 Å². The lowest BCUT2D eigenvalue weighted by molar-refractivity contribution is 0.234. The Morgan fingerprint density at radius 1 is 1.37 bits per heavy atom. The van der Waals surface area contributed by atoms with Crippen molar-refractivity contribution >= 4 is 21.7 Å². The Morgan fingerprint density at radius 2 is 2.11 bits per heavy atom. The number of fused-ring (bicyclic) bond motifs is 1. The number of benzene rings is 1. The topological polar surface area (TPSA) is 75.7 Å². The molecule has 0 aromatic heterocycles. The number of rotatable bonds is 4. The van der Waals surface area contributed by atoms with Crippen LogP contribution < -0.4 is 10.1 Å². The average Bonchev–Trinajstić information content (AvgIpc) is 2.37. The Hall–Kier alpha value is -1.76. The number of unbranched alkanes of at least 4 members (excludes halogenated alkanes) is 1. The molecule has 2 rings (SSSR count). The van der Waals surface area contributed by atoms with E-state index in [9.17, 15) is 13.2 Å². The highest BCUT2D eigenvalue weighted by Crippen LogP contribution is 2.32. The Kier molecular flexibility index (Phi) is 3.66. The average molecular weight is 284 g/mol. The summed E-state index contributed by atoms with van der Waals surface area (Å²) < 4.78 is 30.6. The minimum Gasteiger partial charge on any atom is -0.497 e. The molecule has 2 amide bonds. The Morgan fingerprint density at radius 3 is 2.74 bits per heavy atom. The first-order valence-electron chi connectivity index (χ1n) is 6.02. The zero-order chi connectivity index (χ0) is 14.0. The van der Waals surface area contributed by atoms with Gasteiger partial charge in [0.15, 0.2) is 0 Å². The molecule has 0 aliphatic carbocycles. The molecule has 104 valence electrons. The van der Waals surface area contributed by atoms with Crippen LogP contribution in [0.2, 0.25) is 0 Å². The molecule has 0 atom stereocenters. The second-order valence-corrected chi connectivity index (χ2v) is 6.05. The number of anilines is 1. The highest BCUT2D eigenvalue weighted by atomic mass is 32.2. The first kappa shape index (κ1) is 13.7. The van der Waals surface area contributed by atoms with Crippen molar-refractivity contribution < 1.29 is 17.9 Å². The summed E-state index contributed by atoms with van der Waals surface area (Å²) >= 11 is 0. The molecular formula is C12H16N2O4S. The van der Waals surface area contributed by atoms with Crippen molar-refractivity contribution in [1.29, 1.82) is 0 Å². The molecule has 1 aromatic carbocycles. The van der Waals surface area contributed by atoms with Crippen molar-refractivity contribution in [3.05, 3.63) is 18.2 Å². The number of amides is 2. The Bertz CT molecular complexity index is 598. The highest BCUT2D eigenvalue weighted by molar-refractivity contribution is 7.90. The number of carbonyl (C=O) groups is 1. The first-order chi connectivity index (χ1) is 9.00. The Balaban J connectivity index is 2.45. The van der Waals surface area contributed by atoms with E-state index >= 15 is 0 Å². The number of nitrogens with zero attached hydrogens (tertiary/aromatic N) is 1. The number of hydrogen-bond donors (Lipinski definition) is 1. The van der Waals surface area contributed by atoms with Gasteiger partial charge in [-0.05, 0) is 18.6 Å². The molecule has 0 spiro atoms. The van der Waals surface area contributed by atoms with Gasteiger partial charge in [-0.2, -0.15) is 0 Å². The van der Waals surface area contributed by atoms with E-state index in [0.717, 1.165) is 10.7 Å². The SMILES string of the molecule is CCCCN1C(=O)Nc2cc(OC)ccc2S1(=O)=O. The predicted octanol–water partition coefficient (Wildman–Crippen LogP) is 2.03. The molecule has 0 fully saturated rings. The number of hydrogen-bond acceptors (Lipinski definition) is 4. The second-order valence-electron chi connectivity index (χ2n) is 4.22. The fourth-order valence-electron chi connectivity index (χ4n) is 1.89. The minimum atomic E-state index is -3.76.